The molecule has 2 amide bonds. The number of rotatable bonds is 6. The van der Waals surface area contributed by atoms with E-state index in [2.05, 4.69) is 10.6 Å². The van der Waals surface area contributed by atoms with Gasteiger partial charge in [-0.15, -0.1) is 0 Å². The standard InChI is InChI=1S/C16H23N3O2/c1-2-18-14(20)10-12-4-6-13(7-5-12)19-15(21)11-16(17)8-3-9-16/h4-7H,2-3,8-11,17H2,1H3,(H,18,20)(H,19,21). The topological polar surface area (TPSA) is 84.2 Å². The monoisotopic (exact) mass is 289 g/mol. The predicted molar refractivity (Wildman–Crippen MR) is 82.8 cm³/mol. The molecule has 4 N–H and O–H groups in total. The van der Waals surface area contributed by atoms with Crippen LogP contribution in [0, 0.1) is 0 Å². The van der Waals surface area contributed by atoms with Gasteiger partial charge < -0.3 is 16.4 Å². The molecule has 1 aromatic rings. The molecular formula is C16H23N3O2. The summed E-state index contributed by atoms with van der Waals surface area (Å²) >= 11 is 0. The smallest absolute Gasteiger partial charge is 0.226 e. The second kappa shape index (κ2) is 6.72. The van der Waals surface area contributed by atoms with E-state index in [1.807, 2.05) is 31.2 Å². The van der Waals surface area contributed by atoms with Gasteiger partial charge in [0.2, 0.25) is 11.8 Å². The normalized spacial score (nSPS) is 15.9. The zero-order chi connectivity index (χ0) is 15.3. The van der Waals surface area contributed by atoms with Crippen LogP contribution in [0.3, 0.4) is 0 Å². The molecule has 5 heteroatoms. The molecule has 1 saturated carbocycles. The number of benzene rings is 1. The molecule has 0 unspecified atom stereocenters. The molecule has 0 spiro atoms. The lowest BCUT2D eigenvalue weighted by Gasteiger charge is -2.37. The van der Waals surface area contributed by atoms with Crippen molar-refractivity contribution in [3.05, 3.63) is 29.8 Å². The first kappa shape index (κ1) is 15.5. The van der Waals surface area contributed by atoms with Crippen LogP contribution in [0.15, 0.2) is 24.3 Å². The highest BCUT2D eigenvalue weighted by Crippen LogP contribution is 2.32. The van der Waals surface area contributed by atoms with Crippen LogP contribution in [0.25, 0.3) is 0 Å². The summed E-state index contributed by atoms with van der Waals surface area (Å²) in [5.74, 6) is -0.0435. The van der Waals surface area contributed by atoms with E-state index in [4.69, 9.17) is 5.73 Å². The zero-order valence-electron chi connectivity index (χ0n) is 12.4. The maximum Gasteiger partial charge on any atom is 0.226 e. The summed E-state index contributed by atoms with van der Waals surface area (Å²) in [5, 5.41) is 5.61. The van der Waals surface area contributed by atoms with Gasteiger partial charge in [-0.05, 0) is 43.9 Å². The van der Waals surface area contributed by atoms with Crippen LogP contribution in [-0.4, -0.2) is 23.9 Å². The van der Waals surface area contributed by atoms with E-state index >= 15 is 0 Å². The second-order valence-electron chi connectivity index (χ2n) is 5.77. The average Bonchev–Trinajstić information content (AvgIpc) is 2.39. The molecule has 114 valence electrons. The van der Waals surface area contributed by atoms with Crippen molar-refractivity contribution in [2.75, 3.05) is 11.9 Å². The van der Waals surface area contributed by atoms with Gasteiger partial charge in [0, 0.05) is 24.2 Å². The zero-order valence-corrected chi connectivity index (χ0v) is 12.4. The molecule has 1 aliphatic carbocycles. The minimum atomic E-state index is -0.303. The molecule has 1 aliphatic rings. The number of nitrogens with two attached hydrogens (primary N) is 1. The van der Waals surface area contributed by atoms with Gasteiger partial charge in [-0.3, -0.25) is 9.59 Å². The van der Waals surface area contributed by atoms with Crippen molar-refractivity contribution in [1.82, 2.24) is 5.32 Å². The van der Waals surface area contributed by atoms with E-state index in [0.29, 0.717) is 19.4 Å². The number of hydrogen-bond donors (Lipinski definition) is 3. The van der Waals surface area contributed by atoms with E-state index < -0.39 is 0 Å². The number of carbonyl (C=O) groups excluding carboxylic acids is 2. The lowest BCUT2D eigenvalue weighted by Crippen LogP contribution is -2.48. The van der Waals surface area contributed by atoms with E-state index in [1.54, 1.807) is 0 Å². The fourth-order valence-corrected chi connectivity index (χ4v) is 2.48. The fraction of sp³-hybridized carbons (Fsp3) is 0.500. The van der Waals surface area contributed by atoms with Crippen LogP contribution in [0.2, 0.25) is 0 Å². The molecule has 0 heterocycles. The number of carbonyl (C=O) groups is 2. The molecule has 0 aliphatic heterocycles. The number of anilines is 1. The summed E-state index contributed by atoms with van der Waals surface area (Å²) in [7, 11) is 0. The van der Waals surface area contributed by atoms with Crippen molar-refractivity contribution >= 4 is 17.5 Å². The van der Waals surface area contributed by atoms with Gasteiger partial charge >= 0.3 is 0 Å². The Morgan fingerprint density at radius 2 is 1.86 bits per heavy atom. The third-order valence-electron chi connectivity index (χ3n) is 3.84. The van der Waals surface area contributed by atoms with Crippen LogP contribution in [0.1, 0.15) is 38.2 Å². The van der Waals surface area contributed by atoms with Gasteiger partial charge in [0.25, 0.3) is 0 Å². The Balaban J connectivity index is 1.84. The first-order valence-corrected chi connectivity index (χ1v) is 7.45. The van der Waals surface area contributed by atoms with Gasteiger partial charge in [0.1, 0.15) is 0 Å². The molecule has 5 nitrogen and oxygen atoms in total. The predicted octanol–water partition coefficient (Wildman–Crippen LogP) is 1.58. The number of nitrogens with one attached hydrogen (secondary N) is 2. The van der Waals surface area contributed by atoms with Crippen molar-refractivity contribution < 1.29 is 9.59 Å². The first-order valence-electron chi connectivity index (χ1n) is 7.45. The first-order chi connectivity index (χ1) is 10.0. The molecule has 21 heavy (non-hydrogen) atoms. The maximum absolute atomic E-state index is 11.9. The average molecular weight is 289 g/mol. The fourth-order valence-electron chi connectivity index (χ4n) is 2.48. The summed E-state index contributed by atoms with van der Waals surface area (Å²) in [6.07, 6.45) is 3.68. The molecule has 0 atom stereocenters. The summed E-state index contributed by atoms with van der Waals surface area (Å²) in [6.45, 7) is 2.52. The third kappa shape index (κ3) is 4.56. The van der Waals surface area contributed by atoms with Crippen LogP contribution in [-0.2, 0) is 16.0 Å². The van der Waals surface area contributed by atoms with Gasteiger partial charge in [0.05, 0.1) is 6.42 Å². The highest BCUT2D eigenvalue weighted by molar-refractivity contribution is 5.91. The molecule has 0 radical (unpaired) electrons. The SMILES string of the molecule is CCNC(=O)Cc1ccc(NC(=O)CC2(N)CCC2)cc1. The van der Waals surface area contributed by atoms with E-state index in [1.165, 1.54) is 0 Å². The molecule has 0 bridgehead atoms. The molecule has 2 rings (SSSR count). The molecule has 1 aromatic carbocycles. The van der Waals surface area contributed by atoms with E-state index in [0.717, 1.165) is 30.5 Å². The Hall–Kier alpha value is -1.88. The van der Waals surface area contributed by atoms with Gasteiger partial charge in [-0.25, -0.2) is 0 Å². The van der Waals surface area contributed by atoms with Crippen LogP contribution in [0.5, 0.6) is 0 Å². The summed E-state index contributed by atoms with van der Waals surface area (Å²) in [6, 6.07) is 7.34. The number of amides is 2. The maximum atomic E-state index is 11.9. The summed E-state index contributed by atoms with van der Waals surface area (Å²) < 4.78 is 0. The van der Waals surface area contributed by atoms with Crippen molar-refractivity contribution in [3.8, 4) is 0 Å². The van der Waals surface area contributed by atoms with Crippen LogP contribution >= 0.6 is 0 Å². The van der Waals surface area contributed by atoms with Crippen molar-refractivity contribution in [1.29, 1.82) is 0 Å². The minimum absolute atomic E-state index is 0.00402. The Morgan fingerprint density at radius 1 is 1.19 bits per heavy atom. The number of likely N-dealkylation sites (N-methyl/N-ethyl adjacent to an activating group) is 1. The second-order valence-corrected chi connectivity index (χ2v) is 5.77. The number of hydrogen-bond acceptors (Lipinski definition) is 3. The highest BCUT2D eigenvalue weighted by Gasteiger charge is 2.34. The lowest BCUT2D eigenvalue weighted by atomic mass is 9.75. The van der Waals surface area contributed by atoms with Crippen molar-refractivity contribution in [3.63, 3.8) is 0 Å². The minimum Gasteiger partial charge on any atom is -0.356 e. The largest absolute Gasteiger partial charge is 0.356 e. The van der Waals surface area contributed by atoms with Gasteiger partial charge in [-0.1, -0.05) is 12.1 Å². The summed E-state index contributed by atoms with van der Waals surface area (Å²) in [5.41, 5.74) is 7.42. The quantitative estimate of drug-likeness (QED) is 0.743. The van der Waals surface area contributed by atoms with Crippen molar-refractivity contribution in [2.24, 2.45) is 5.73 Å². The van der Waals surface area contributed by atoms with E-state index in [9.17, 15) is 9.59 Å². The lowest BCUT2D eigenvalue weighted by molar-refractivity contribution is -0.120. The highest BCUT2D eigenvalue weighted by atomic mass is 16.2. The van der Waals surface area contributed by atoms with Gasteiger partial charge in [-0.2, -0.15) is 0 Å². The summed E-state index contributed by atoms with van der Waals surface area (Å²) in [4.78, 5) is 23.4. The Morgan fingerprint density at radius 3 is 2.38 bits per heavy atom. The molecule has 1 fully saturated rings. The van der Waals surface area contributed by atoms with Crippen LogP contribution in [0.4, 0.5) is 5.69 Å². The van der Waals surface area contributed by atoms with Gasteiger partial charge in [0.15, 0.2) is 0 Å². The van der Waals surface area contributed by atoms with Crippen LogP contribution < -0.4 is 16.4 Å². The Labute approximate surface area is 125 Å². The Kier molecular flexibility index (Phi) is 4.96. The molecular weight excluding hydrogens is 266 g/mol. The molecule has 0 aromatic heterocycles. The third-order valence-corrected chi connectivity index (χ3v) is 3.84. The molecule has 0 saturated heterocycles. The van der Waals surface area contributed by atoms with E-state index in [-0.39, 0.29) is 17.4 Å². The Bertz CT molecular complexity index is 507. The van der Waals surface area contributed by atoms with Crippen molar-refractivity contribution in [2.45, 2.75) is 44.6 Å².